The Bertz CT molecular complexity index is 398. The molecule has 0 aliphatic carbocycles. The van der Waals surface area contributed by atoms with E-state index in [2.05, 4.69) is 0 Å². The van der Waals surface area contributed by atoms with Crippen molar-refractivity contribution in [2.45, 2.75) is 0 Å². The molecule has 1 heterocycles. The Kier molecular flexibility index (Phi) is 2.10. The lowest BCUT2D eigenvalue weighted by Crippen LogP contribution is -2.16. The molecule has 1 aliphatic rings. The molecule has 0 fully saturated rings. The van der Waals surface area contributed by atoms with E-state index in [1.54, 1.807) is 12.1 Å². The number of nitrogens with two attached hydrogens (primary N) is 1. The summed E-state index contributed by atoms with van der Waals surface area (Å²) in [6.45, 7) is 0.535. The molecule has 2 rings (SSSR count). The van der Waals surface area contributed by atoms with Gasteiger partial charge in [-0.3, -0.25) is 0 Å². The highest BCUT2D eigenvalue weighted by atomic mass is 16.5. The van der Waals surface area contributed by atoms with Gasteiger partial charge >= 0.3 is 6.09 Å². The van der Waals surface area contributed by atoms with Crippen molar-refractivity contribution in [2.24, 2.45) is 5.73 Å². The van der Waals surface area contributed by atoms with Gasteiger partial charge in [-0.1, -0.05) is 6.08 Å². The van der Waals surface area contributed by atoms with E-state index in [1.807, 2.05) is 18.2 Å². The van der Waals surface area contributed by atoms with Crippen LogP contribution in [0.15, 0.2) is 24.3 Å². The lowest BCUT2D eigenvalue weighted by molar-refractivity contribution is 0.210. The van der Waals surface area contributed by atoms with Crippen LogP contribution in [0.25, 0.3) is 6.08 Å². The number of rotatable bonds is 1. The summed E-state index contributed by atoms with van der Waals surface area (Å²) in [5.74, 6) is 1.10. The van der Waals surface area contributed by atoms with E-state index in [4.69, 9.17) is 15.2 Å². The maximum atomic E-state index is 10.5. The third-order valence-corrected chi connectivity index (χ3v) is 1.84. The number of ether oxygens (including phenoxy) is 2. The van der Waals surface area contributed by atoms with E-state index < -0.39 is 6.09 Å². The Morgan fingerprint density at radius 1 is 1.50 bits per heavy atom. The van der Waals surface area contributed by atoms with Gasteiger partial charge in [0.05, 0.1) is 0 Å². The number of hydrogen-bond acceptors (Lipinski definition) is 3. The van der Waals surface area contributed by atoms with E-state index in [0.717, 1.165) is 5.56 Å². The molecule has 0 atom stereocenters. The van der Waals surface area contributed by atoms with Gasteiger partial charge in [-0.05, 0) is 18.2 Å². The van der Waals surface area contributed by atoms with Crippen LogP contribution in [0, 0.1) is 0 Å². The zero-order valence-electron chi connectivity index (χ0n) is 7.40. The fraction of sp³-hybridized carbons (Fsp3) is 0.100. The number of benzene rings is 1. The Morgan fingerprint density at radius 3 is 3.14 bits per heavy atom. The van der Waals surface area contributed by atoms with Crippen molar-refractivity contribution < 1.29 is 14.3 Å². The largest absolute Gasteiger partial charge is 0.489 e. The Balaban J connectivity index is 2.30. The average Bonchev–Trinajstić information content (AvgIpc) is 2.17. The second-order valence-corrected chi connectivity index (χ2v) is 2.83. The minimum atomic E-state index is -0.823. The molecule has 0 aromatic heterocycles. The van der Waals surface area contributed by atoms with Crippen LogP contribution in [0.2, 0.25) is 0 Å². The number of primary amides is 1. The molecule has 72 valence electrons. The Labute approximate surface area is 80.9 Å². The van der Waals surface area contributed by atoms with Gasteiger partial charge in [0, 0.05) is 11.6 Å². The maximum Gasteiger partial charge on any atom is 0.409 e. The molecule has 14 heavy (non-hydrogen) atoms. The molecule has 0 radical (unpaired) electrons. The number of carbonyl (C=O) groups excluding carboxylic acids is 1. The molecule has 2 N–H and O–H groups in total. The lowest BCUT2D eigenvalue weighted by Gasteiger charge is -2.12. The summed E-state index contributed by atoms with van der Waals surface area (Å²) in [6.07, 6.45) is 3.04. The number of amides is 1. The van der Waals surface area contributed by atoms with Crippen LogP contribution in [0.5, 0.6) is 11.5 Å². The third kappa shape index (κ3) is 1.69. The van der Waals surface area contributed by atoms with Gasteiger partial charge in [0.2, 0.25) is 0 Å². The standard InChI is InChI=1S/C10H9NO3/c11-10(12)14-8-4-3-7-2-1-5-13-9(7)6-8/h1-4,6H,5H2,(H2,11,12). The fourth-order valence-corrected chi connectivity index (χ4v) is 1.27. The molecule has 0 unspecified atom stereocenters. The summed E-state index contributed by atoms with van der Waals surface area (Å²) < 4.78 is 10.0. The molecular weight excluding hydrogens is 182 g/mol. The first-order valence-electron chi connectivity index (χ1n) is 4.16. The highest BCUT2D eigenvalue weighted by Gasteiger charge is 2.07. The van der Waals surface area contributed by atoms with E-state index >= 15 is 0 Å². The van der Waals surface area contributed by atoms with Crippen LogP contribution >= 0.6 is 0 Å². The van der Waals surface area contributed by atoms with Gasteiger partial charge in [0.15, 0.2) is 0 Å². The van der Waals surface area contributed by atoms with Crippen LogP contribution in [0.4, 0.5) is 4.79 Å². The van der Waals surface area contributed by atoms with Crippen molar-refractivity contribution in [1.82, 2.24) is 0 Å². The zero-order chi connectivity index (χ0) is 9.97. The van der Waals surface area contributed by atoms with Crippen molar-refractivity contribution in [3.8, 4) is 11.5 Å². The molecule has 0 saturated heterocycles. The molecule has 1 aliphatic heterocycles. The van der Waals surface area contributed by atoms with Gasteiger partial charge < -0.3 is 15.2 Å². The predicted octanol–water partition coefficient (Wildman–Crippen LogP) is 1.55. The molecule has 0 spiro atoms. The first kappa shape index (κ1) is 8.62. The molecule has 1 aromatic rings. The van der Waals surface area contributed by atoms with Crippen LogP contribution in [0.3, 0.4) is 0 Å². The highest BCUT2D eigenvalue weighted by Crippen LogP contribution is 2.28. The topological polar surface area (TPSA) is 61.6 Å². The van der Waals surface area contributed by atoms with Gasteiger partial charge in [-0.15, -0.1) is 0 Å². The van der Waals surface area contributed by atoms with E-state index in [9.17, 15) is 4.79 Å². The smallest absolute Gasteiger partial charge is 0.409 e. The minimum Gasteiger partial charge on any atom is -0.489 e. The van der Waals surface area contributed by atoms with E-state index in [0.29, 0.717) is 18.1 Å². The van der Waals surface area contributed by atoms with Gasteiger partial charge in [0.25, 0.3) is 0 Å². The molecule has 0 bridgehead atoms. The zero-order valence-corrected chi connectivity index (χ0v) is 7.40. The molecule has 1 aromatic carbocycles. The SMILES string of the molecule is NC(=O)Oc1ccc2c(c1)OCC=C2. The Hall–Kier alpha value is -1.97. The summed E-state index contributed by atoms with van der Waals surface area (Å²) in [6, 6.07) is 5.12. The molecular formula is C10H9NO3. The van der Waals surface area contributed by atoms with Crippen LogP contribution in [0.1, 0.15) is 5.56 Å². The molecule has 0 saturated carbocycles. The first-order chi connectivity index (χ1) is 6.75. The number of hydrogen-bond donors (Lipinski definition) is 1. The normalized spacial score (nSPS) is 12.9. The second-order valence-electron chi connectivity index (χ2n) is 2.83. The van der Waals surface area contributed by atoms with Gasteiger partial charge in [0.1, 0.15) is 18.1 Å². The highest BCUT2D eigenvalue weighted by molar-refractivity contribution is 5.69. The fourth-order valence-electron chi connectivity index (χ4n) is 1.27. The van der Waals surface area contributed by atoms with Crippen molar-refractivity contribution in [2.75, 3.05) is 6.61 Å². The number of fused-ring (bicyclic) bond motifs is 1. The van der Waals surface area contributed by atoms with E-state index in [-0.39, 0.29) is 0 Å². The minimum absolute atomic E-state index is 0.395. The second kappa shape index (κ2) is 3.41. The first-order valence-corrected chi connectivity index (χ1v) is 4.16. The molecule has 1 amide bonds. The van der Waals surface area contributed by atoms with Crippen LogP contribution < -0.4 is 15.2 Å². The van der Waals surface area contributed by atoms with Crippen LogP contribution in [-0.2, 0) is 0 Å². The van der Waals surface area contributed by atoms with Crippen LogP contribution in [-0.4, -0.2) is 12.7 Å². The average molecular weight is 191 g/mol. The van der Waals surface area contributed by atoms with Gasteiger partial charge in [-0.25, -0.2) is 4.79 Å². The summed E-state index contributed by atoms with van der Waals surface area (Å²) >= 11 is 0. The van der Waals surface area contributed by atoms with E-state index in [1.165, 1.54) is 0 Å². The Morgan fingerprint density at radius 2 is 2.36 bits per heavy atom. The third-order valence-electron chi connectivity index (χ3n) is 1.84. The molecule has 4 heteroatoms. The number of carbonyl (C=O) groups is 1. The van der Waals surface area contributed by atoms with Crippen molar-refractivity contribution in [1.29, 1.82) is 0 Å². The monoisotopic (exact) mass is 191 g/mol. The summed E-state index contributed by atoms with van der Waals surface area (Å²) in [4.78, 5) is 10.5. The summed E-state index contributed by atoms with van der Waals surface area (Å²) in [5, 5.41) is 0. The maximum absolute atomic E-state index is 10.5. The summed E-state index contributed by atoms with van der Waals surface area (Å²) in [7, 11) is 0. The summed E-state index contributed by atoms with van der Waals surface area (Å²) in [5.41, 5.74) is 5.85. The predicted molar refractivity (Wildman–Crippen MR) is 51.2 cm³/mol. The van der Waals surface area contributed by atoms with Crippen molar-refractivity contribution >= 4 is 12.2 Å². The van der Waals surface area contributed by atoms with Gasteiger partial charge in [-0.2, -0.15) is 0 Å². The van der Waals surface area contributed by atoms with Crippen molar-refractivity contribution in [3.05, 3.63) is 29.8 Å². The van der Waals surface area contributed by atoms with Crippen molar-refractivity contribution in [3.63, 3.8) is 0 Å². The molecule has 4 nitrogen and oxygen atoms in total. The lowest BCUT2D eigenvalue weighted by atomic mass is 10.1. The quantitative estimate of drug-likeness (QED) is 0.732.